The zero-order valence-corrected chi connectivity index (χ0v) is 18.9. The van der Waals surface area contributed by atoms with Gasteiger partial charge in [0.2, 0.25) is 0 Å². The van der Waals surface area contributed by atoms with Gasteiger partial charge in [0, 0.05) is 12.3 Å². The van der Waals surface area contributed by atoms with Crippen molar-refractivity contribution in [1.82, 2.24) is 0 Å². The van der Waals surface area contributed by atoms with Crippen LogP contribution in [0.1, 0.15) is 67.2 Å². The molecule has 2 aliphatic rings. The highest BCUT2D eigenvalue weighted by atomic mass is 16.6. The Morgan fingerprint density at radius 1 is 1.07 bits per heavy atom. The average Bonchev–Trinajstić information content (AvgIpc) is 2.96. The smallest absolute Gasteiger partial charge is 0.320 e. The fraction of sp³-hybridized carbons (Fsp3) is 0.739. The van der Waals surface area contributed by atoms with Crippen LogP contribution in [0.5, 0.6) is 0 Å². The first-order chi connectivity index (χ1) is 14.0. The van der Waals surface area contributed by atoms with Crippen molar-refractivity contribution < 1.29 is 33.4 Å². The van der Waals surface area contributed by atoms with Gasteiger partial charge in [-0.2, -0.15) is 0 Å². The van der Waals surface area contributed by atoms with E-state index in [1.165, 1.54) is 0 Å². The van der Waals surface area contributed by atoms with Crippen LogP contribution in [0.3, 0.4) is 0 Å². The fourth-order valence-corrected chi connectivity index (χ4v) is 4.21. The molecular weight excluding hydrogens is 388 g/mol. The van der Waals surface area contributed by atoms with E-state index in [9.17, 15) is 19.2 Å². The molecule has 0 saturated heterocycles. The maximum absolute atomic E-state index is 12.8. The fourth-order valence-electron chi connectivity index (χ4n) is 4.21. The zero-order chi connectivity index (χ0) is 22.6. The number of allylic oxidation sites excluding steroid dienone is 1. The molecule has 7 nitrogen and oxygen atoms in total. The number of carbonyl (C=O) groups excluding carboxylic acids is 4. The van der Waals surface area contributed by atoms with Crippen molar-refractivity contribution in [3.05, 3.63) is 11.1 Å². The highest BCUT2D eigenvalue weighted by molar-refractivity contribution is 6.01. The maximum Gasteiger partial charge on any atom is 0.320 e. The van der Waals surface area contributed by atoms with Gasteiger partial charge in [-0.05, 0) is 65.4 Å². The van der Waals surface area contributed by atoms with Crippen molar-refractivity contribution in [3.63, 3.8) is 0 Å². The van der Waals surface area contributed by atoms with Crippen LogP contribution in [0.2, 0.25) is 0 Å². The lowest BCUT2D eigenvalue weighted by Crippen LogP contribution is -2.35. The van der Waals surface area contributed by atoms with Gasteiger partial charge in [-0.15, -0.1) is 0 Å². The summed E-state index contributed by atoms with van der Waals surface area (Å²) in [4.78, 5) is 50.0. The van der Waals surface area contributed by atoms with Crippen LogP contribution < -0.4 is 0 Å². The van der Waals surface area contributed by atoms with Crippen LogP contribution >= 0.6 is 0 Å². The van der Waals surface area contributed by atoms with Crippen LogP contribution in [0.15, 0.2) is 11.1 Å². The van der Waals surface area contributed by atoms with E-state index in [-0.39, 0.29) is 49.3 Å². The number of fused-ring (bicyclic) bond motifs is 1. The molecule has 0 bridgehead atoms. The van der Waals surface area contributed by atoms with E-state index in [1.807, 2.05) is 27.7 Å². The predicted molar refractivity (Wildman–Crippen MR) is 109 cm³/mol. The Morgan fingerprint density at radius 3 is 2.13 bits per heavy atom. The number of carbonyl (C=O) groups is 4. The van der Waals surface area contributed by atoms with Gasteiger partial charge in [-0.1, -0.05) is 12.5 Å². The molecule has 0 aromatic carbocycles. The molecule has 7 heteroatoms. The Kier molecular flexibility index (Phi) is 7.83. The van der Waals surface area contributed by atoms with Gasteiger partial charge in [-0.3, -0.25) is 19.2 Å². The Hall–Kier alpha value is -2.18. The second-order valence-electron chi connectivity index (χ2n) is 9.13. The molecule has 168 valence electrons. The van der Waals surface area contributed by atoms with Gasteiger partial charge < -0.3 is 14.2 Å². The Morgan fingerprint density at radius 2 is 1.63 bits per heavy atom. The molecule has 0 spiro atoms. The van der Waals surface area contributed by atoms with Crippen molar-refractivity contribution in [2.75, 3.05) is 13.2 Å². The number of Topliss-reactive ketones (excluding diaryl/α,β-unsaturated/α-hetero) is 1. The van der Waals surface area contributed by atoms with Gasteiger partial charge in [0.25, 0.3) is 0 Å². The van der Waals surface area contributed by atoms with E-state index in [1.54, 1.807) is 13.8 Å². The molecule has 2 rings (SSSR count). The Labute approximate surface area is 178 Å². The average molecular weight is 423 g/mol. The lowest BCUT2D eigenvalue weighted by atomic mass is 9.79. The van der Waals surface area contributed by atoms with Crippen LogP contribution in [-0.2, 0) is 33.4 Å². The molecule has 0 aliphatic heterocycles. The third kappa shape index (κ3) is 5.29. The van der Waals surface area contributed by atoms with E-state index in [4.69, 9.17) is 14.2 Å². The van der Waals surface area contributed by atoms with Gasteiger partial charge in [0.05, 0.1) is 18.6 Å². The molecule has 0 aromatic rings. The molecule has 1 saturated carbocycles. The molecular formula is C23H34O7. The topological polar surface area (TPSA) is 96.0 Å². The summed E-state index contributed by atoms with van der Waals surface area (Å²) >= 11 is 0. The molecule has 0 amide bonds. The molecule has 0 heterocycles. The van der Waals surface area contributed by atoms with Crippen molar-refractivity contribution in [2.24, 2.45) is 23.2 Å². The normalized spacial score (nSPS) is 24.0. The summed E-state index contributed by atoms with van der Waals surface area (Å²) in [6.07, 6.45) is 1.17. The number of rotatable bonds is 7. The summed E-state index contributed by atoms with van der Waals surface area (Å²) in [7, 11) is 0. The third-order valence-corrected chi connectivity index (χ3v) is 5.76. The first kappa shape index (κ1) is 24.1. The molecule has 30 heavy (non-hydrogen) atoms. The van der Waals surface area contributed by atoms with E-state index >= 15 is 0 Å². The first-order valence-corrected chi connectivity index (χ1v) is 10.8. The van der Waals surface area contributed by atoms with E-state index in [2.05, 4.69) is 0 Å². The van der Waals surface area contributed by atoms with Crippen molar-refractivity contribution >= 4 is 23.7 Å². The molecule has 0 radical (unpaired) electrons. The summed E-state index contributed by atoms with van der Waals surface area (Å²) in [5.74, 6) is -2.86. The summed E-state index contributed by atoms with van der Waals surface area (Å²) in [5, 5.41) is 0. The second kappa shape index (κ2) is 9.75. The maximum atomic E-state index is 12.8. The molecule has 2 aliphatic carbocycles. The molecule has 3 atom stereocenters. The van der Waals surface area contributed by atoms with Gasteiger partial charge >= 0.3 is 17.9 Å². The molecule has 0 aromatic heterocycles. The van der Waals surface area contributed by atoms with Gasteiger partial charge in [0.15, 0.2) is 11.7 Å². The van der Waals surface area contributed by atoms with Gasteiger partial charge in [-0.25, -0.2) is 0 Å². The summed E-state index contributed by atoms with van der Waals surface area (Å²) in [6.45, 7) is 11.0. The van der Waals surface area contributed by atoms with Crippen LogP contribution in [0.25, 0.3) is 0 Å². The number of hydrogen-bond acceptors (Lipinski definition) is 7. The largest absolute Gasteiger partial charge is 0.465 e. The minimum Gasteiger partial charge on any atom is -0.465 e. The predicted octanol–water partition coefficient (Wildman–Crippen LogP) is 3.39. The van der Waals surface area contributed by atoms with Crippen molar-refractivity contribution in [2.45, 2.75) is 73.3 Å². The minimum absolute atomic E-state index is 0.0327. The molecule has 1 fully saturated rings. The SMILES string of the molecule is CCOC(=O)C(CC1=C2CC(C)[C@H](OC(=O)C(C)(C)C)C2CCC1=O)C(=O)OCC. The molecule has 0 N–H and O–H groups in total. The summed E-state index contributed by atoms with van der Waals surface area (Å²) in [5.41, 5.74) is 0.792. The highest BCUT2D eigenvalue weighted by Gasteiger charge is 2.46. The number of esters is 3. The minimum atomic E-state index is -1.17. The lowest BCUT2D eigenvalue weighted by Gasteiger charge is -2.30. The van der Waals surface area contributed by atoms with E-state index in [0.29, 0.717) is 24.8 Å². The zero-order valence-electron chi connectivity index (χ0n) is 18.9. The monoisotopic (exact) mass is 422 g/mol. The van der Waals surface area contributed by atoms with Crippen LogP contribution in [-0.4, -0.2) is 43.0 Å². The third-order valence-electron chi connectivity index (χ3n) is 5.76. The Balaban J connectivity index is 2.33. The van der Waals surface area contributed by atoms with Crippen LogP contribution in [0.4, 0.5) is 0 Å². The Bertz CT molecular complexity index is 710. The van der Waals surface area contributed by atoms with Crippen LogP contribution in [0, 0.1) is 23.2 Å². The standard InChI is InChI=1S/C23H34O7/c1-7-28-20(25)17(21(26)29-8-2)12-16-15-11-13(3)19(14(15)9-10-18(16)24)30-22(27)23(4,5)6/h13-14,17,19H,7-12H2,1-6H3/t13?,14?,19-/m0/s1. The van der Waals surface area contributed by atoms with Gasteiger partial charge in [0.1, 0.15) is 6.10 Å². The number of hydrogen-bond donors (Lipinski definition) is 0. The number of ether oxygens (including phenoxy) is 3. The lowest BCUT2D eigenvalue weighted by molar-refractivity contribution is -0.162. The second-order valence-corrected chi connectivity index (χ2v) is 9.13. The summed E-state index contributed by atoms with van der Waals surface area (Å²) < 4.78 is 15.9. The first-order valence-electron chi connectivity index (χ1n) is 10.8. The highest BCUT2D eigenvalue weighted by Crippen LogP contribution is 2.47. The van der Waals surface area contributed by atoms with Crippen molar-refractivity contribution in [1.29, 1.82) is 0 Å². The van der Waals surface area contributed by atoms with E-state index in [0.717, 1.165) is 5.57 Å². The van der Waals surface area contributed by atoms with Crippen molar-refractivity contribution in [3.8, 4) is 0 Å². The quantitative estimate of drug-likeness (QED) is 0.352. The number of ketones is 1. The molecule has 2 unspecified atom stereocenters. The van der Waals surface area contributed by atoms with E-state index < -0.39 is 23.3 Å². The summed E-state index contributed by atoms with van der Waals surface area (Å²) in [6, 6.07) is 0.